The standard InChI is InChI=1S/C12H25BrO3S.Na.H/c13-11-9-7-5-3-1-2-4-6-8-10-12-17(14,15)16;;/h1-12H2,(H,14,15,16);;. The predicted molar refractivity (Wildman–Crippen MR) is 83.5 cm³/mol. The van der Waals surface area contributed by atoms with Gasteiger partial charge in [-0.15, -0.1) is 0 Å². The Morgan fingerprint density at radius 1 is 0.722 bits per heavy atom. The zero-order valence-electron chi connectivity index (χ0n) is 10.5. The first-order valence-electron chi connectivity index (χ1n) is 6.57. The molecule has 0 aromatic carbocycles. The van der Waals surface area contributed by atoms with E-state index < -0.39 is 10.1 Å². The van der Waals surface area contributed by atoms with Gasteiger partial charge in [0.15, 0.2) is 0 Å². The van der Waals surface area contributed by atoms with Gasteiger partial charge in [-0.05, 0) is 12.8 Å². The number of rotatable bonds is 12. The molecule has 0 aliphatic carbocycles. The minimum atomic E-state index is -3.74. The Morgan fingerprint density at radius 3 is 1.39 bits per heavy atom. The molecule has 0 atom stereocenters. The Labute approximate surface area is 143 Å². The van der Waals surface area contributed by atoms with Crippen LogP contribution in [0.4, 0.5) is 0 Å². The van der Waals surface area contributed by atoms with Crippen LogP contribution < -0.4 is 0 Å². The van der Waals surface area contributed by atoms with Crippen LogP contribution in [-0.4, -0.2) is 53.6 Å². The van der Waals surface area contributed by atoms with E-state index in [0.717, 1.165) is 18.2 Å². The molecule has 1 N–H and O–H groups in total. The summed E-state index contributed by atoms with van der Waals surface area (Å²) < 4.78 is 29.4. The molecule has 106 valence electrons. The van der Waals surface area contributed by atoms with Crippen LogP contribution in [0.1, 0.15) is 64.2 Å². The fraction of sp³-hybridized carbons (Fsp3) is 1.00. The van der Waals surface area contributed by atoms with E-state index in [-0.39, 0.29) is 35.3 Å². The minimum absolute atomic E-state index is 0. The third-order valence-corrected chi connectivity index (χ3v) is 4.15. The van der Waals surface area contributed by atoms with Crippen molar-refractivity contribution in [3.63, 3.8) is 0 Å². The first-order valence-corrected chi connectivity index (χ1v) is 9.30. The van der Waals surface area contributed by atoms with Gasteiger partial charge in [0.2, 0.25) is 0 Å². The van der Waals surface area contributed by atoms with Gasteiger partial charge in [-0.2, -0.15) is 8.42 Å². The summed E-state index contributed by atoms with van der Waals surface area (Å²) in [5.74, 6) is -0.0838. The van der Waals surface area contributed by atoms with E-state index in [0.29, 0.717) is 6.42 Å². The first-order chi connectivity index (χ1) is 8.06. The van der Waals surface area contributed by atoms with Gasteiger partial charge in [-0.3, -0.25) is 4.55 Å². The van der Waals surface area contributed by atoms with Crippen LogP contribution in [0, 0.1) is 0 Å². The van der Waals surface area contributed by atoms with Crippen molar-refractivity contribution < 1.29 is 13.0 Å². The first kappa shape index (κ1) is 21.7. The summed E-state index contributed by atoms with van der Waals surface area (Å²) in [5, 5.41) is 1.11. The van der Waals surface area contributed by atoms with E-state index in [4.69, 9.17) is 4.55 Å². The molecule has 6 heteroatoms. The summed E-state index contributed by atoms with van der Waals surface area (Å²) in [4.78, 5) is 0. The van der Waals surface area contributed by atoms with Crippen molar-refractivity contribution in [3.8, 4) is 0 Å². The van der Waals surface area contributed by atoms with Crippen LogP contribution in [0.15, 0.2) is 0 Å². The number of halogens is 1. The molecule has 0 rings (SSSR count). The summed E-state index contributed by atoms with van der Waals surface area (Å²) >= 11 is 3.42. The van der Waals surface area contributed by atoms with Gasteiger partial charge in [0.05, 0.1) is 5.75 Å². The Morgan fingerprint density at radius 2 is 1.06 bits per heavy atom. The summed E-state index contributed by atoms with van der Waals surface area (Å²) in [6, 6.07) is 0. The SMILES string of the molecule is O=S(=O)(O)CCCCCCCCCCCCBr.[NaH]. The molecule has 0 unspecified atom stereocenters. The molecule has 0 radical (unpaired) electrons. The molecule has 3 nitrogen and oxygen atoms in total. The second-order valence-corrected chi connectivity index (χ2v) is 6.88. The molecular formula is C12H26BrNaO3S. The third kappa shape index (κ3) is 19.7. The normalized spacial score (nSPS) is 11.2. The van der Waals surface area contributed by atoms with Crippen molar-refractivity contribution in [1.82, 2.24) is 0 Å². The van der Waals surface area contributed by atoms with Crippen LogP contribution in [0.5, 0.6) is 0 Å². The zero-order chi connectivity index (χ0) is 13.0. The molecule has 0 aromatic heterocycles. The van der Waals surface area contributed by atoms with Crippen LogP contribution in [0.3, 0.4) is 0 Å². The Hall–Kier alpha value is 1.39. The second-order valence-electron chi connectivity index (χ2n) is 4.51. The summed E-state index contributed by atoms with van der Waals surface area (Å²) in [5.41, 5.74) is 0. The van der Waals surface area contributed by atoms with Crippen molar-refractivity contribution in [3.05, 3.63) is 0 Å². The summed E-state index contributed by atoms with van der Waals surface area (Å²) in [7, 11) is -3.74. The fourth-order valence-corrected chi connectivity index (χ4v) is 2.76. The number of unbranched alkanes of at least 4 members (excludes halogenated alkanes) is 9. The van der Waals surface area contributed by atoms with E-state index >= 15 is 0 Å². The van der Waals surface area contributed by atoms with E-state index in [9.17, 15) is 8.42 Å². The topological polar surface area (TPSA) is 54.4 Å². The maximum atomic E-state index is 10.4. The van der Waals surface area contributed by atoms with Crippen LogP contribution in [-0.2, 0) is 10.1 Å². The Kier molecular flexibility index (Phi) is 17.8. The molecule has 0 spiro atoms. The average molecular weight is 353 g/mol. The molecule has 0 amide bonds. The quantitative estimate of drug-likeness (QED) is 0.253. The summed E-state index contributed by atoms with van der Waals surface area (Å²) in [6.45, 7) is 0. The van der Waals surface area contributed by atoms with Gasteiger partial charge < -0.3 is 0 Å². The monoisotopic (exact) mass is 352 g/mol. The molecule has 0 fully saturated rings. The number of hydrogen-bond acceptors (Lipinski definition) is 2. The van der Waals surface area contributed by atoms with Crippen LogP contribution in [0.2, 0.25) is 0 Å². The van der Waals surface area contributed by atoms with E-state index in [1.807, 2.05) is 0 Å². The molecule has 0 aliphatic rings. The summed E-state index contributed by atoms with van der Waals surface area (Å²) in [6.07, 6.45) is 11.5. The van der Waals surface area contributed by atoms with E-state index in [1.165, 1.54) is 44.9 Å². The second kappa shape index (κ2) is 14.8. The maximum absolute atomic E-state index is 10.4. The molecule has 0 saturated carbocycles. The predicted octanol–water partition coefficient (Wildman–Crippen LogP) is 3.52. The molecular weight excluding hydrogens is 327 g/mol. The van der Waals surface area contributed by atoms with Crippen LogP contribution >= 0.6 is 15.9 Å². The van der Waals surface area contributed by atoms with Gasteiger partial charge in [0, 0.05) is 5.33 Å². The molecule has 0 aromatic rings. The van der Waals surface area contributed by atoms with Gasteiger partial charge in [0.1, 0.15) is 0 Å². The van der Waals surface area contributed by atoms with Gasteiger partial charge in [0.25, 0.3) is 10.1 Å². The number of hydrogen-bond donors (Lipinski definition) is 1. The Bertz CT molecular complexity index is 258. The molecule has 0 bridgehead atoms. The Balaban J connectivity index is 0. The zero-order valence-corrected chi connectivity index (χ0v) is 12.9. The fourth-order valence-electron chi connectivity index (χ4n) is 1.79. The van der Waals surface area contributed by atoms with Crippen molar-refractivity contribution in [1.29, 1.82) is 0 Å². The third-order valence-electron chi connectivity index (χ3n) is 2.79. The van der Waals surface area contributed by atoms with Crippen molar-refractivity contribution >= 4 is 55.6 Å². The molecule has 18 heavy (non-hydrogen) atoms. The average Bonchev–Trinajstić information content (AvgIpc) is 2.24. The van der Waals surface area contributed by atoms with Crippen molar-refractivity contribution in [2.24, 2.45) is 0 Å². The number of alkyl halides is 1. The van der Waals surface area contributed by atoms with Crippen LogP contribution in [0.25, 0.3) is 0 Å². The van der Waals surface area contributed by atoms with Crippen molar-refractivity contribution in [2.45, 2.75) is 64.2 Å². The van der Waals surface area contributed by atoms with Gasteiger partial charge >= 0.3 is 29.6 Å². The van der Waals surface area contributed by atoms with E-state index in [1.54, 1.807) is 0 Å². The van der Waals surface area contributed by atoms with Gasteiger partial charge in [-0.25, -0.2) is 0 Å². The van der Waals surface area contributed by atoms with Crippen molar-refractivity contribution in [2.75, 3.05) is 11.1 Å². The molecule has 0 aliphatic heterocycles. The molecule has 0 saturated heterocycles. The molecule has 0 heterocycles. The van der Waals surface area contributed by atoms with E-state index in [2.05, 4.69) is 15.9 Å². The van der Waals surface area contributed by atoms with Gasteiger partial charge in [-0.1, -0.05) is 67.3 Å².